The number of nitro groups is 1. The minimum atomic E-state index is -0.523. The molecule has 4 heteroatoms. The predicted molar refractivity (Wildman–Crippen MR) is 72.4 cm³/mol. The Bertz CT molecular complexity index is 608. The van der Waals surface area contributed by atoms with Gasteiger partial charge < -0.3 is 0 Å². The SMILES string of the molecule is CC(c1ccccc1)c1cccc([N+](=O)[O-])c1C=O. The van der Waals surface area contributed by atoms with E-state index in [0.717, 1.165) is 5.56 Å². The fourth-order valence-corrected chi connectivity index (χ4v) is 2.16. The molecule has 0 radical (unpaired) electrons. The molecular formula is C15H13NO3. The Morgan fingerprint density at radius 2 is 1.79 bits per heavy atom. The number of hydrogen-bond acceptors (Lipinski definition) is 3. The fraction of sp³-hybridized carbons (Fsp3) is 0.133. The van der Waals surface area contributed by atoms with Crippen LogP contribution in [0.25, 0.3) is 0 Å². The maximum Gasteiger partial charge on any atom is 0.280 e. The lowest BCUT2D eigenvalue weighted by Crippen LogP contribution is -2.04. The standard InChI is InChI=1S/C15H13NO3/c1-11(12-6-3-2-4-7-12)13-8-5-9-15(16(18)19)14(13)10-17/h2-11H,1H3. The number of aldehydes is 1. The number of benzene rings is 2. The van der Waals surface area contributed by atoms with Crippen LogP contribution in [-0.4, -0.2) is 11.2 Å². The van der Waals surface area contributed by atoms with Crippen LogP contribution in [0.5, 0.6) is 0 Å². The van der Waals surface area contributed by atoms with Gasteiger partial charge in [0.25, 0.3) is 5.69 Å². The lowest BCUT2D eigenvalue weighted by atomic mass is 9.89. The van der Waals surface area contributed by atoms with Crippen LogP contribution in [0.2, 0.25) is 0 Å². The average molecular weight is 255 g/mol. The van der Waals surface area contributed by atoms with E-state index in [4.69, 9.17) is 0 Å². The van der Waals surface area contributed by atoms with Crippen molar-refractivity contribution in [3.63, 3.8) is 0 Å². The molecule has 2 rings (SSSR count). The highest BCUT2D eigenvalue weighted by Gasteiger charge is 2.20. The second-order valence-electron chi connectivity index (χ2n) is 4.29. The fourth-order valence-electron chi connectivity index (χ4n) is 2.16. The zero-order chi connectivity index (χ0) is 13.8. The molecule has 2 aromatic carbocycles. The summed E-state index contributed by atoms with van der Waals surface area (Å²) < 4.78 is 0. The summed E-state index contributed by atoms with van der Waals surface area (Å²) in [4.78, 5) is 21.6. The van der Waals surface area contributed by atoms with Crippen molar-refractivity contribution in [2.75, 3.05) is 0 Å². The molecule has 0 aromatic heterocycles. The minimum absolute atomic E-state index is 0.0682. The quantitative estimate of drug-likeness (QED) is 0.476. The van der Waals surface area contributed by atoms with Crippen molar-refractivity contribution >= 4 is 12.0 Å². The first-order valence-corrected chi connectivity index (χ1v) is 5.92. The van der Waals surface area contributed by atoms with Crippen LogP contribution in [0.3, 0.4) is 0 Å². The van der Waals surface area contributed by atoms with Gasteiger partial charge in [0.2, 0.25) is 0 Å². The Balaban J connectivity index is 2.54. The van der Waals surface area contributed by atoms with Crippen molar-refractivity contribution in [2.24, 2.45) is 0 Å². The molecule has 0 aliphatic rings. The third kappa shape index (κ3) is 2.52. The van der Waals surface area contributed by atoms with Gasteiger partial charge in [-0.05, 0) is 11.1 Å². The van der Waals surface area contributed by atoms with Crippen LogP contribution in [-0.2, 0) is 0 Å². The topological polar surface area (TPSA) is 60.2 Å². The summed E-state index contributed by atoms with van der Waals surface area (Å²) in [5, 5.41) is 10.9. The second-order valence-corrected chi connectivity index (χ2v) is 4.29. The Kier molecular flexibility index (Phi) is 3.71. The highest BCUT2D eigenvalue weighted by molar-refractivity contribution is 5.84. The van der Waals surface area contributed by atoms with Gasteiger partial charge in [-0.25, -0.2) is 0 Å². The number of nitro benzene ring substituents is 1. The summed E-state index contributed by atoms with van der Waals surface area (Å²) >= 11 is 0. The summed E-state index contributed by atoms with van der Waals surface area (Å²) in [5.74, 6) is -0.0682. The molecule has 4 nitrogen and oxygen atoms in total. The van der Waals surface area contributed by atoms with Crippen LogP contribution < -0.4 is 0 Å². The number of carbonyl (C=O) groups is 1. The zero-order valence-corrected chi connectivity index (χ0v) is 10.4. The molecule has 0 saturated carbocycles. The van der Waals surface area contributed by atoms with Crippen LogP contribution in [0.4, 0.5) is 5.69 Å². The van der Waals surface area contributed by atoms with Crippen LogP contribution in [0, 0.1) is 10.1 Å². The minimum Gasteiger partial charge on any atom is -0.298 e. The van der Waals surface area contributed by atoms with E-state index >= 15 is 0 Å². The summed E-state index contributed by atoms with van der Waals surface area (Å²) in [6.45, 7) is 1.93. The Morgan fingerprint density at radius 3 is 2.37 bits per heavy atom. The first-order valence-electron chi connectivity index (χ1n) is 5.92. The molecule has 0 amide bonds. The number of nitrogens with zero attached hydrogens (tertiary/aromatic N) is 1. The molecule has 0 N–H and O–H groups in total. The first-order chi connectivity index (χ1) is 9.15. The third-order valence-corrected chi connectivity index (χ3v) is 3.20. The van der Waals surface area contributed by atoms with E-state index in [1.165, 1.54) is 6.07 Å². The molecule has 2 aromatic rings. The molecule has 0 heterocycles. The highest BCUT2D eigenvalue weighted by Crippen LogP contribution is 2.30. The smallest absolute Gasteiger partial charge is 0.280 e. The van der Waals surface area contributed by atoms with Crippen molar-refractivity contribution in [3.8, 4) is 0 Å². The normalized spacial score (nSPS) is 11.8. The largest absolute Gasteiger partial charge is 0.298 e. The van der Waals surface area contributed by atoms with E-state index < -0.39 is 4.92 Å². The molecule has 19 heavy (non-hydrogen) atoms. The summed E-state index contributed by atoms with van der Waals surface area (Å²) in [7, 11) is 0. The van der Waals surface area contributed by atoms with Gasteiger partial charge in [-0.3, -0.25) is 14.9 Å². The summed E-state index contributed by atoms with van der Waals surface area (Å²) in [6, 6.07) is 14.3. The number of hydrogen-bond donors (Lipinski definition) is 0. The Labute approximate surface area is 110 Å². The van der Waals surface area contributed by atoms with Gasteiger partial charge in [-0.2, -0.15) is 0 Å². The molecule has 0 bridgehead atoms. The molecule has 96 valence electrons. The Morgan fingerprint density at radius 1 is 1.11 bits per heavy atom. The molecule has 1 unspecified atom stereocenters. The van der Waals surface area contributed by atoms with Gasteiger partial charge in [0.1, 0.15) is 0 Å². The predicted octanol–water partition coefficient (Wildman–Crippen LogP) is 3.56. The Hall–Kier alpha value is -2.49. The first kappa shape index (κ1) is 13.0. The number of rotatable bonds is 4. The molecule has 0 saturated heterocycles. The van der Waals surface area contributed by atoms with Crippen LogP contribution in [0.15, 0.2) is 48.5 Å². The van der Waals surface area contributed by atoms with Gasteiger partial charge in [-0.1, -0.05) is 49.4 Å². The summed E-state index contributed by atoms with van der Waals surface area (Å²) in [6.07, 6.45) is 0.562. The van der Waals surface area contributed by atoms with Gasteiger partial charge in [0.05, 0.1) is 10.5 Å². The lowest BCUT2D eigenvalue weighted by molar-refractivity contribution is -0.385. The van der Waals surface area contributed by atoms with Crippen molar-refractivity contribution < 1.29 is 9.72 Å². The van der Waals surface area contributed by atoms with Gasteiger partial charge in [-0.15, -0.1) is 0 Å². The lowest BCUT2D eigenvalue weighted by Gasteiger charge is -2.14. The zero-order valence-electron chi connectivity index (χ0n) is 10.4. The van der Waals surface area contributed by atoms with Crippen molar-refractivity contribution in [1.82, 2.24) is 0 Å². The summed E-state index contributed by atoms with van der Waals surface area (Å²) in [5.41, 5.74) is 1.71. The molecule has 0 aliphatic carbocycles. The van der Waals surface area contributed by atoms with E-state index in [2.05, 4.69) is 0 Å². The van der Waals surface area contributed by atoms with Gasteiger partial charge in [0.15, 0.2) is 6.29 Å². The van der Waals surface area contributed by atoms with Crippen molar-refractivity contribution in [1.29, 1.82) is 0 Å². The molecule has 0 spiro atoms. The molecule has 0 aliphatic heterocycles. The highest BCUT2D eigenvalue weighted by atomic mass is 16.6. The second kappa shape index (κ2) is 5.44. The van der Waals surface area contributed by atoms with Gasteiger partial charge >= 0.3 is 0 Å². The van der Waals surface area contributed by atoms with E-state index in [-0.39, 0.29) is 17.2 Å². The van der Waals surface area contributed by atoms with Crippen molar-refractivity contribution in [3.05, 3.63) is 75.3 Å². The molecule has 1 atom stereocenters. The molecule has 0 fully saturated rings. The average Bonchev–Trinajstić information content (AvgIpc) is 2.46. The van der Waals surface area contributed by atoms with E-state index in [0.29, 0.717) is 11.8 Å². The third-order valence-electron chi connectivity index (χ3n) is 3.20. The van der Waals surface area contributed by atoms with E-state index in [1.54, 1.807) is 12.1 Å². The van der Waals surface area contributed by atoms with E-state index in [1.807, 2.05) is 37.3 Å². The van der Waals surface area contributed by atoms with Crippen molar-refractivity contribution in [2.45, 2.75) is 12.8 Å². The van der Waals surface area contributed by atoms with Gasteiger partial charge in [0, 0.05) is 12.0 Å². The van der Waals surface area contributed by atoms with E-state index in [9.17, 15) is 14.9 Å². The molecular weight excluding hydrogens is 242 g/mol. The maximum absolute atomic E-state index is 11.2. The monoisotopic (exact) mass is 255 g/mol. The number of carbonyl (C=O) groups excluding carboxylic acids is 1. The van der Waals surface area contributed by atoms with Crippen LogP contribution >= 0.6 is 0 Å². The van der Waals surface area contributed by atoms with Crippen LogP contribution in [0.1, 0.15) is 34.3 Å². The maximum atomic E-state index is 11.2.